The van der Waals surface area contributed by atoms with Gasteiger partial charge in [0.2, 0.25) is 0 Å². The zero-order chi connectivity index (χ0) is 19.0. The van der Waals surface area contributed by atoms with Crippen LogP contribution >= 0.6 is 6.89 Å². The number of carbonyl (C=O) groups excluding carboxylic acids is 1. The topological polar surface area (TPSA) is 17.1 Å². The minimum Gasteiger partial charge on any atom is -0.295 e. The third-order valence-electron chi connectivity index (χ3n) is 4.55. The molecule has 0 aliphatic carbocycles. The number of rotatable bonds is 8. The summed E-state index contributed by atoms with van der Waals surface area (Å²) < 4.78 is 0. The van der Waals surface area contributed by atoms with E-state index in [1.807, 2.05) is 30.4 Å². The molecule has 136 valence electrons. The summed E-state index contributed by atoms with van der Waals surface area (Å²) in [5.74, 6) is 2.18. The molecule has 0 aliphatic rings. The third-order valence-corrected chi connectivity index (χ3v) is 8.56. The van der Waals surface area contributed by atoms with Gasteiger partial charge in [0.25, 0.3) is 0 Å². The van der Waals surface area contributed by atoms with E-state index < -0.39 is 6.89 Å². The fraction of sp³-hybridized carbons (Fsp3) is 0.120. The summed E-state index contributed by atoms with van der Waals surface area (Å²) in [5, 5.41) is 3.61. The second-order valence-corrected chi connectivity index (χ2v) is 9.66. The Morgan fingerprint density at radius 2 is 1.11 bits per heavy atom. The number of hydrogen-bond acceptors (Lipinski definition) is 1. The summed E-state index contributed by atoms with van der Waals surface area (Å²) in [5.41, 5.74) is 0. The summed E-state index contributed by atoms with van der Waals surface area (Å²) in [7, 11) is 0. The smallest absolute Gasteiger partial charge is 0.157 e. The SMILES string of the molecule is CC[CH][CH]CC(=O)C=P(c1ccccc1)(c1ccccc1)c1ccccc1. The third kappa shape index (κ3) is 4.49. The largest absolute Gasteiger partial charge is 0.295 e. The van der Waals surface area contributed by atoms with Crippen molar-refractivity contribution in [1.82, 2.24) is 0 Å². The van der Waals surface area contributed by atoms with Crippen molar-refractivity contribution >= 4 is 34.4 Å². The number of hydrogen-bond donors (Lipinski definition) is 0. The highest BCUT2D eigenvalue weighted by molar-refractivity contribution is 7.95. The predicted molar refractivity (Wildman–Crippen MR) is 120 cm³/mol. The standard InChI is InChI=1S/C25H25OP/c1-2-3-7-14-22(26)21-27(23-15-8-4-9-16-23,24-17-10-5-11-18-24)25-19-12-6-13-20-25/h3-13,15-21H,2,14H2,1H3. The first kappa shape index (κ1) is 19.4. The normalized spacial score (nSPS) is 11.1. The molecule has 3 rings (SSSR count). The van der Waals surface area contributed by atoms with E-state index in [-0.39, 0.29) is 5.78 Å². The molecule has 0 saturated carbocycles. The Balaban J connectivity index is 2.25. The Morgan fingerprint density at radius 3 is 1.48 bits per heavy atom. The molecular weight excluding hydrogens is 347 g/mol. The summed E-state index contributed by atoms with van der Waals surface area (Å²) in [6.45, 7) is -0.0832. The summed E-state index contributed by atoms with van der Waals surface area (Å²) in [4.78, 5) is 13.0. The first-order valence-electron chi connectivity index (χ1n) is 9.36. The summed E-state index contributed by atoms with van der Waals surface area (Å²) >= 11 is 0. The molecule has 0 aromatic heterocycles. The van der Waals surface area contributed by atoms with Gasteiger partial charge in [0.15, 0.2) is 5.78 Å². The monoisotopic (exact) mass is 372 g/mol. The molecule has 0 N–H and O–H groups in total. The van der Waals surface area contributed by atoms with Crippen LogP contribution in [-0.2, 0) is 4.79 Å². The van der Waals surface area contributed by atoms with Gasteiger partial charge in [-0.25, -0.2) is 0 Å². The molecule has 27 heavy (non-hydrogen) atoms. The molecule has 0 aliphatic heterocycles. The lowest BCUT2D eigenvalue weighted by Gasteiger charge is -2.28. The van der Waals surface area contributed by atoms with E-state index in [0.29, 0.717) is 6.42 Å². The lowest BCUT2D eigenvalue weighted by atomic mass is 10.2. The van der Waals surface area contributed by atoms with Crippen LogP contribution in [0.5, 0.6) is 0 Å². The van der Waals surface area contributed by atoms with Crippen LogP contribution in [-0.4, -0.2) is 11.6 Å². The first-order chi connectivity index (χ1) is 13.3. The maximum absolute atomic E-state index is 13.0. The second kappa shape index (κ2) is 9.53. The number of unbranched alkanes of at least 4 members (excludes halogenated alkanes) is 2. The second-order valence-electron chi connectivity index (χ2n) is 6.41. The van der Waals surface area contributed by atoms with Gasteiger partial charge in [-0.15, -0.1) is 0 Å². The quantitative estimate of drug-likeness (QED) is 0.418. The minimum absolute atomic E-state index is 0.171. The highest BCUT2D eigenvalue weighted by Crippen LogP contribution is 2.43. The molecule has 1 nitrogen and oxygen atoms in total. The van der Waals surface area contributed by atoms with Crippen LogP contribution in [0.25, 0.3) is 0 Å². The van der Waals surface area contributed by atoms with Crippen LogP contribution < -0.4 is 15.9 Å². The van der Waals surface area contributed by atoms with Crippen LogP contribution in [0, 0.1) is 12.8 Å². The average Bonchev–Trinajstić information content (AvgIpc) is 2.74. The zero-order valence-corrected chi connectivity index (χ0v) is 16.6. The molecule has 0 unspecified atom stereocenters. The van der Waals surface area contributed by atoms with Crippen molar-refractivity contribution in [2.24, 2.45) is 0 Å². The van der Waals surface area contributed by atoms with Crippen molar-refractivity contribution in [3.05, 3.63) is 104 Å². The highest BCUT2D eigenvalue weighted by Gasteiger charge is 2.25. The molecule has 2 radical (unpaired) electrons. The molecule has 0 heterocycles. The Kier molecular flexibility index (Phi) is 6.85. The van der Waals surface area contributed by atoms with E-state index >= 15 is 0 Å². The van der Waals surface area contributed by atoms with E-state index in [1.165, 1.54) is 15.9 Å². The van der Waals surface area contributed by atoms with E-state index in [9.17, 15) is 4.79 Å². The van der Waals surface area contributed by atoms with Gasteiger partial charge >= 0.3 is 0 Å². The molecular formula is C25H25OP. The highest BCUT2D eigenvalue weighted by atomic mass is 31.2. The fourth-order valence-electron chi connectivity index (χ4n) is 3.30. The maximum Gasteiger partial charge on any atom is 0.157 e. The fourth-order valence-corrected chi connectivity index (χ4v) is 7.10. The molecule has 3 aromatic rings. The average molecular weight is 372 g/mol. The Hall–Kier alpha value is -2.37. The number of Topliss-reactive ketones (excluding diaryl/α,β-unsaturated/α-hetero) is 1. The van der Waals surface area contributed by atoms with Crippen LogP contribution in [0.2, 0.25) is 0 Å². The van der Waals surface area contributed by atoms with Crippen LogP contribution in [0.1, 0.15) is 19.8 Å². The lowest BCUT2D eigenvalue weighted by Crippen LogP contribution is -2.28. The molecule has 2 heteroatoms. The Labute approximate surface area is 163 Å². The van der Waals surface area contributed by atoms with Gasteiger partial charge in [0.05, 0.1) is 0 Å². The zero-order valence-electron chi connectivity index (χ0n) is 15.7. The van der Waals surface area contributed by atoms with E-state index in [0.717, 1.165) is 6.42 Å². The number of carbonyl (C=O) groups is 1. The summed E-state index contributed by atoms with van der Waals surface area (Å²) in [6, 6.07) is 31.4. The van der Waals surface area contributed by atoms with E-state index in [2.05, 4.69) is 86.1 Å². The molecule has 0 fully saturated rings. The van der Waals surface area contributed by atoms with E-state index in [1.54, 1.807) is 0 Å². The molecule has 0 bridgehead atoms. The Bertz CT molecular complexity index is 795. The van der Waals surface area contributed by atoms with Gasteiger partial charge in [0.1, 0.15) is 0 Å². The number of benzene rings is 3. The lowest BCUT2D eigenvalue weighted by molar-refractivity contribution is -0.111. The van der Waals surface area contributed by atoms with Gasteiger partial charge in [-0.3, -0.25) is 4.79 Å². The molecule has 0 spiro atoms. The van der Waals surface area contributed by atoms with Crippen LogP contribution in [0.4, 0.5) is 0 Å². The van der Waals surface area contributed by atoms with Crippen molar-refractivity contribution in [2.45, 2.75) is 19.8 Å². The maximum atomic E-state index is 13.0. The van der Waals surface area contributed by atoms with Gasteiger partial charge in [-0.2, -0.15) is 0 Å². The van der Waals surface area contributed by atoms with Crippen LogP contribution in [0.15, 0.2) is 91.0 Å². The predicted octanol–water partition coefficient (Wildman–Crippen LogP) is 4.56. The molecule has 0 atom stereocenters. The van der Waals surface area contributed by atoms with Crippen molar-refractivity contribution in [3.8, 4) is 0 Å². The van der Waals surface area contributed by atoms with Gasteiger partial charge in [-0.05, 0) is 41.4 Å². The van der Waals surface area contributed by atoms with Crippen molar-refractivity contribution < 1.29 is 4.79 Å². The molecule has 0 saturated heterocycles. The van der Waals surface area contributed by atoms with Gasteiger partial charge < -0.3 is 0 Å². The van der Waals surface area contributed by atoms with Gasteiger partial charge in [0, 0.05) is 6.42 Å². The van der Waals surface area contributed by atoms with Crippen molar-refractivity contribution in [1.29, 1.82) is 0 Å². The summed E-state index contributed by atoms with van der Waals surface area (Å²) in [6.07, 6.45) is 5.43. The van der Waals surface area contributed by atoms with E-state index in [4.69, 9.17) is 0 Å². The van der Waals surface area contributed by atoms with Crippen LogP contribution in [0.3, 0.4) is 0 Å². The molecule has 0 amide bonds. The number of ketones is 1. The van der Waals surface area contributed by atoms with Gasteiger partial charge in [-0.1, -0.05) is 104 Å². The Morgan fingerprint density at radius 1 is 0.704 bits per heavy atom. The van der Waals surface area contributed by atoms with Crippen molar-refractivity contribution in [2.75, 3.05) is 0 Å². The van der Waals surface area contributed by atoms with Crippen molar-refractivity contribution in [3.63, 3.8) is 0 Å². The first-order valence-corrected chi connectivity index (χ1v) is 11.2. The molecule has 3 aromatic carbocycles. The minimum atomic E-state index is -2.17.